The molecule has 0 aromatic heterocycles. The van der Waals surface area contributed by atoms with Gasteiger partial charge in [-0.15, -0.1) is 0 Å². The van der Waals surface area contributed by atoms with Crippen LogP contribution in [0.2, 0.25) is 0 Å². The fraction of sp³-hybridized carbons (Fsp3) is 0.533. The van der Waals surface area contributed by atoms with Crippen LogP contribution in [0.5, 0.6) is 5.75 Å². The molecule has 0 aliphatic heterocycles. The fourth-order valence-corrected chi connectivity index (χ4v) is 1.51. The highest BCUT2D eigenvalue weighted by atomic mass is 16.5. The maximum absolute atomic E-state index is 11.9. The zero-order chi connectivity index (χ0) is 13.6. The maximum atomic E-state index is 11.9. The van der Waals surface area contributed by atoms with Crippen LogP contribution < -0.4 is 10.1 Å². The molecule has 0 radical (unpaired) electrons. The largest absolute Gasteiger partial charge is 0.497 e. The Morgan fingerprint density at radius 1 is 1.28 bits per heavy atom. The van der Waals surface area contributed by atoms with E-state index in [-0.39, 0.29) is 11.3 Å². The first-order valence-corrected chi connectivity index (χ1v) is 6.41. The van der Waals surface area contributed by atoms with Crippen LogP contribution in [0.1, 0.15) is 32.8 Å². The van der Waals surface area contributed by atoms with Gasteiger partial charge in [0.25, 0.3) is 0 Å². The molecule has 1 aromatic carbocycles. The summed E-state index contributed by atoms with van der Waals surface area (Å²) in [5, 5.41) is 2.98. The molecule has 0 saturated heterocycles. The van der Waals surface area contributed by atoms with Crippen molar-refractivity contribution in [3.8, 4) is 5.75 Å². The van der Waals surface area contributed by atoms with Crippen LogP contribution in [-0.2, 0) is 11.2 Å². The van der Waals surface area contributed by atoms with Gasteiger partial charge in [-0.2, -0.15) is 0 Å². The Morgan fingerprint density at radius 2 is 1.89 bits per heavy atom. The van der Waals surface area contributed by atoms with E-state index in [4.69, 9.17) is 4.74 Å². The van der Waals surface area contributed by atoms with Gasteiger partial charge in [0.1, 0.15) is 5.75 Å². The first-order chi connectivity index (χ1) is 8.49. The van der Waals surface area contributed by atoms with Crippen molar-refractivity contribution < 1.29 is 9.53 Å². The van der Waals surface area contributed by atoms with E-state index in [0.29, 0.717) is 6.54 Å². The number of rotatable bonds is 6. The van der Waals surface area contributed by atoms with Crippen LogP contribution in [0.15, 0.2) is 24.3 Å². The van der Waals surface area contributed by atoms with Crippen molar-refractivity contribution >= 4 is 5.91 Å². The lowest BCUT2D eigenvalue weighted by Gasteiger charge is -2.21. The van der Waals surface area contributed by atoms with E-state index in [1.54, 1.807) is 7.11 Å². The molecule has 0 aliphatic rings. The third kappa shape index (κ3) is 4.06. The summed E-state index contributed by atoms with van der Waals surface area (Å²) in [6.07, 6.45) is 1.69. The molecule has 1 rings (SSSR count). The first kappa shape index (κ1) is 14.6. The van der Waals surface area contributed by atoms with Crippen LogP contribution in [0.25, 0.3) is 0 Å². The number of ether oxygens (including phenoxy) is 1. The Hall–Kier alpha value is -1.51. The van der Waals surface area contributed by atoms with Gasteiger partial charge in [-0.05, 0) is 30.5 Å². The summed E-state index contributed by atoms with van der Waals surface area (Å²) in [6.45, 7) is 6.64. The average molecular weight is 249 g/mol. The van der Waals surface area contributed by atoms with Crippen molar-refractivity contribution in [1.29, 1.82) is 0 Å². The van der Waals surface area contributed by atoms with Gasteiger partial charge in [-0.25, -0.2) is 0 Å². The summed E-state index contributed by atoms with van der Waals surface area (Å²) in [4.78, 5) is 11.9. The van der Waals surface area contributed by atoms with Crippen LogP contribution in [-0.4, -0.2) is 19.6 Å². The lowest BCUT2D eigenvalue weighted by molar-refractivity contribution is -0.129. The van der Waals surface area contributed by atoms with Crippen LogP contribution in [0.4, 0.5) is 0 Å². The molecule has 0 fully saturated rings. The Morgan fingerprint density at radius 3 is 2.39 bits per heavy atom. The van der Waals surface area contributed by atoms with Gasteiger partial charge in [0.05, 0.1) is 7.11 Å². The molecule has 0 unspecified atom stereocenters. The van der Waals surface area contributed by atoms with E-state index in [2.05, 4.69) is 5.32 Å². The minimum Gasteiger partial charge on any atom is -0.497 e. The predicted octanol–water partition coefficient (Wildman–Crippen LogP) is 2.79. The number of hydrogen-bond acceptors (Lipinski definition) is 2. The molecule has 1 aromatic rings. The minimum atomic E-state index is -0.278. The normalized spacial score (nSPS) is 11.1. The molecule has 1 N–H and O–H groups in total. The minimum absolute atomic E-state index is 0.124. The van der Waals surface area contributed by atoms with E-state index in [0.717, 1.165) is 18.6 Å². The molecule has 0 saturated carbocycles. The molecule has 18 heavy (non-hydrogen) atoms. The highest BCUT2D eigenvalue weighted by Gasteiger charge is 2.24. The lowest BCUT2D eigenvalue weighted by Crippen LogP contribution is -2.37. The van der Waals surface area contributed by atoms with E-state index < -0.39 is 0 Å². The predicted molar refractivity (Wildman–Crippen MR) is 73.8 cm³/mol. The van der Waals surface area contributed by atoms with Crippen LogP contribution >= 0.6 is 0 Å². The molecule has 3 heteroatoms. The summed E-state index contributed by atoms with van der Waals surface area (Å²) in [6, 6.07) is 7.92. The van der Waals surface area contributed by atoms with Gasteiger partial charge in [0, 0.05) is 12.0 Å². The maximum Gasteiger partial charge on any atom is 0.225 e. The van der Waals surface area contributed by atoms with Gasteiger partial charge in [0.2, 0.25) is 5.91 Å². The van der Waals surface area contributed by atoms with Crippen molar-refractivity contribution in [2.24, 2.45) is 5.41 Å². The van der Waals surface area contributed by atoms with E-state index >= 15 is 0 Å². The number of methoxy groups -OCH3 is 1. The van der Waals surface area contributed by atoms with Crippen molar-refractivity contribution in [2.45, 2.75) is 33.6 Å². The number of hydrogen-bond donors (Lipinski definition) is 1. The summed E-state index contributed by atoms with van der Waals surface area (Å²) < 4.78 is 5.10. The van der Waals surface area contributed by atoms with E-state index in [1.807, 2.05) is 45.0 Å². The molecular formula is C15H23NO2. The number of benzene rings is 1. The SMILES string of the molecule is CCC(C)(C)C(=O)NCCc1ccc(OC)cc1. The quantitative estimate of drug-likeness (QED) is 0.842. The molecule has 0 spiro atoms. The summed E-state index contributed by atoms with van der Waals surface area (Å²) in [5.74, 6) is 0.980. The fourth-order valence-electron chi connectivity index (χ4n) is 1.51. The molecular weight excluding hydrogens is 226 g/mol. The smallest absolute Gasteiger partial charge is 0.225 e. The molecule has 0 aliphatic carbocycles. The third-order valence-corrected chi connectivity index (χ3v) is 3.36. The zero-order valence-electron chi connectivity index (χ0n) is 11.7. The Kier molecular flexibility index (Phi) is 5.20. The monoisotopic (exact) mass is 249 g/mol. The highest BCUT2D eigenvalue weighted by Crippen LogP contribution is 2.19. The summed E-state index contributed by atoms with van der Waals surface area (Å²) >= 11 is 0. The summed E-state index contributed by atoms with van der Waals surface area (Å²) in [7, 11) is 1.65. The van der Waals surface area contributed by atoms with Gasteiger partial charge in [0.15, 0.2) is 0 Å². The molecule has 0 heterocycles. The first-order valence-electron chi connectivity index (χ1n) is 6.41. The second-order valence-corrected chi connectivity index (χ2v) is 5.09. The molecule has 0 atom stereocenters. The van der Waals surface area contributed by atoms with Crippen LogP contribution in [0.3, 0.4) is 0 Å². The van der Waals surface area contributed by atoms with Gasteiger partial charge >= 0.3 is 0 Å². The van der Waals surface area contributed by atoms with Crippen LogP contribution in [0, 0.1) is 5.41 Å². The molecule has 1 amide bonds. The zero-order valence-corrected chi connectivity index (χ0v) is 11.7. The highest BCUT2D eigenvalue weighted by molar-refractivity contribution is 5.81. The summed E-state index contributed by atoms with van der Waals surface area (Å²) in [5.41, 5.74) is 0.922. The van der Waals surface area contributed by atoms with E-state index in [9.17, 15) is 4.79 Å². The lowest BCUT2D eigenvalue weighted by atomic mass is 9.89. The Labute approximate surface area is 110 Å². The standard InChI is InChI=1S/C15H23NO2/c1-5-15(2,3)14(17)16-11-10-12-6-8-13(18-4)9-7-12/h6-9H,5,10-11H2,1-4H3,(H,16,17). The number of carbonyl (C=O) groups excluding carboxylic acids is 1. The Bertz CT molecular complexity index is 382. The molecule has 100 valence electrons. The van der Waals surface area contributed by atoms with Gasteiger partial charge in [-0.3, -0.25) is 4.79 Å². The van der Waals surface area contributed by atoms with Gasteiger partial charge in [-0.1, -0.05) is 32.9 Å². The van der Waals surface area contributed by atoms with Crippen molar-refractivity contribution in [2.75, 3.05) is 13.7 Å². The Balaban J connectivity index is 2.39. The molecule has 0 bridgehead atoms. The van der Waals surface area contributed by atoms with E-state index in [1.165, 1.54) is 5.56 Å². The third-order valence-electron chi connectivity index (χ3n) is 3.36. The molecule has 3 nitrogen and oxygen atoms in total. The topological polar surface area (TPSA) is 38.3 Å². The second kappa shape index (κ2) is 6.43. The average Bonchev–Trinajstić information content (AvgIpc) is 2.39. The van der Waals surface area contributed by atoms with Gasteiger partial charge < -0.3 is 10.1 Å². The number of amides is 1. The second-order valence-electron chi connectivity index (χ2n) is 5.09. The number of carbonyl (C=O) groups is 1. The van der Waals surface area contributed by atoms with Crippen molar-refractivity contribution in [1.82, 2.24) is 5.32 Å². The van der Waals surface area contributed by atoms with Crippen molar-refractivity contribution in [3.63, 3.8) is 0 Å². The van der Waals surface area contributed by atoms with Crippen molar-refractivity contribution in [3.05, 3.63) is 29.8 Å². The number of nitrogens with one attached hydrogen (secondary N) is 1.